The number of hydrogen-bond acceptors (Lipinski definition) is 4. The summed E-state index contributed by atoms with van der Waals surface area (Å²) in [6.07, 6.45) is 6.33. The van der Waals surface area contributed by atoms with Crippen LogP contribution in [0.25, 0.3) is 0 Å². The molecule has 0 atom stereocenters. The summed E-state index contributed by atoms with van der Waals surface area (Å²) in [5.41, 5.74) is 2.04. The minimum atomic E-state index is -1.59. The van der Waals surface area contributed by atoms with Crippen LogP contribution in [-0.4, -0.2) is 32.6 Å². The van der Waals surface area contributed by atoms with E-state index in [4.69, 9.17) is 5.11 Å². The van der Waals surface area contributed by atoms with Crippen LogP contribution >= 0.6 is 0 Å². The highest BCUT2D eigenvalue weighted by Crippen LogP contribution is 2.15. The number of carbonyl (C=O) groups excluding carboxylic acids is 2. The lowest BCUT2D eigenvalue weighted by Gasteiger charge is -2.02. The third kappa shape index (κ3) is 3.17. The predicted octanol–water partition coefficient (Wildman–Crippen LogP) is 1.23. The summed E-state index contributed by atoms with van der Waals surface area (Å²) in [4.78, 5) is 40.2. The Morgan fingerprint density at radius 1 is 1.15 bits per heavy atom. The molecule has 2 rings (SSSR count). The van der Waals surface area contributed by atoms with Gasteiger partial charge in [-0.15, -0.1) is 0 Å². The predicted molar refractivity (Wildman–Crippen MR) is 69.4 cm³/mol. The van der Waals surface area contributed by atoms with Gasteiger partial charge < -0.3 is 10.1 Å². The third-order valence-corrected chi connectivity index (χ3v) is 2.84. The normalized spacial score (nSPS) is 10.2. The Morgan fingerprint density at radius 2 is 1.85 bits per heavy atom. The zero-order valence-electron chi connectivity index (χ0n) is 10.5. The van der Waals surface area contributed by atoms with Crippen LogP contribution in [0, 0.1) is 0 Å². The molecule has 0 aromatic carbocycles. The lowest BCUT2D eigenvalue weighted by atomic mass is 10.0. The van der Waals surface area contributed by atoms with Crippen molar-refractivity contribution in [3.63, 3.8) is 0 Å². The van der Waals surface area contributed by atoms with Gasteiger partial charge in [0.1, 0.15) is 0 Å². The molecule has 2 N–H and O–H groups in total. The number of hydrogen-bond donors (Lipinski definition) is 2. The van der Waals surface area contributed by atoms with Crippen molar-refractivity contribution in [1.29, 1.82) is 0 Å². The van der Waals surface area contributed by atoms with E-state index in [0.29, 0.717) is 12.0 Å². The van der Waals surface area contributed by atoms with E-state index in [1.165, 1.54) is 6.20 Å². The number of aromatic amines is 1. The average molecular weight is 272 g/mol. The van der Waals surface area contributed by atoms with Crippen LogP contribution in [0.4, 0.5) is 0 Å². The molecule has 20 heavy (non-hydrogen) atoms. The number of ketones is 2. The summed E-state index contributed by atoms with van der Waals surface area (Å²) in [7, 11) is 0. The van der Waals surface area contributed by atoms with Gasteiger partial charge in [-0.2, -0.15) is 0 Å². The molecule has 0 aliphatic heterocycles. The molecule has 0 unspecified atom stereocenters. The molecule has 0 amide bonds. The molecular weight excluding hydrogens is 260 g/mol. The van der Waals surface area contributed by atoms with Crippen molar-refractivity contribution < 1.29 is 19.5 Å². The average Bonchev–Trinajstić information content (AvgIpc) is 2.88. The quantitative estimate of drug-likeness (QED) is 0.468. The van der Waals surface area contributed by atoms with Crippen LogP contribution in [0.1, 0.15) is 27.9 Å². The minimum Gasteiger partial charge on any atom is -0.475 e. The maximum Gasteiger partial charge on any atom is 0.372 e. The molecule has 0 spiro atoms. The second-order valence-corrected chi connectivity index (χ2v) is 4.25. The second kappa shape index (κ2) is 5.92. The molecule has 0 saturated carbocycles. The summed E-state index contributed by atoms with van der Waals surface area (Å²) >= 11 is 0. The van der Waals surface area contributed by atoms with E-state index in [-0.39, 0.29) is 0 Å². The molecule has 0 bridgehead atoms. The molecule has 2 aromatic heterocycles. The van der Waals surface area contributed by atoms with Crippen LogP contribution in [0.3, 0.4) is 0 Å². The topological polar surface area (TPSA) is 100 Å². The van der Waals surface area contributed by atoms with Gasteiger partial charge in [0.05, 0.1) is 6.42 Å². The molecular formula is C14H12N2O4. The van der Waals surface area contributed by atoms with Crippen molar-refractivity contribution in [2.24, 2.45) is 0 Å². The fraction of sp³-hybridized carbons (Fsp3) is 0.143. The highest BCUT2D eigenvalue weighted by molar-refractivity contribution is 6.37. The van der Waals surface area contributed by atoms with Gasteiger partial charge in [-0.3, -0.25) is 14.6 Å². The molecule has 6 heteroatoms. The van der Waals surface area contributed by atoms with Gasteiger partial charge in [-0.1, -0.05) is 0 Å². The SMILES string of the molecule is O=C(O)C(=O)CC(=O)c1c[nH]cc1Cc1ccncc1. The molecule has 0 radical (unpaired) electrons. The van der Waals surface area contributed by atoms with E-state index in [2.05, 4.69) is 9.97 Å². The van der Waals surface area contributed by atoms with Crippen LogP contribution < -0.4 is 0 Å². The number of carboxylic acid groups (broad SMARTS) is 1. The number of carbonyl (C=O) groups is 3. The van der Waals surface area contributed by atoms with Gasteiger partial charge in [-0.05, 0) is 29.7 Å². The van der Waals surface area contributed by atoms with Gasteiger partial charge in [-0.25, -0.2) is 4.79 Å². The zero-order valence-corrected chi connectivity index (χ0v) is 10.5. The van der Waals surface area contributed by atoms with Gasteiger partial charge in [0.25, 0.3) is 0 Å². The van der Waals surface area contributed by atoms with Crippen molar-refractivity contribution in [1.82, 2.24) is 9.97 Å². The molecule has 102 valence electrons. The van der Waals surface area contributed by atoms with Crippen molar-refractivity contribution in [2.45, 2.75) is 12.8 Å². The Labute approximate surface area is 114 Å². The van der Waals surface area contributed by atoms with E-state index in [0.717, 1.165) is 11.1 Å². The largest absolute Gasteiger partial charge is 0.475 e. The number of aliphatic carboxylic acids is 1. The minimum absolute atomic E-state index is 0.344. The maximum absolute atomic E-state index is 11.9. The first-order valence-corrected chi connectivity index (χ1v) is 5.92. The van der Waals surface area contributed by atoms with E-state index in [9.17, 15) is 14.4 Å². The second-order valence-electron chi connectivity index (χ2n) is 4.25. The highest BCUT2D eigenvalue weighted by atomic mass is 16.4. The van der Waals surface area contributed by atoms with Crippen molar-refractivity contribution in [2.75, 3.05) is 0 Å². The fourth-order valence-corrected chi connectivity index (χ4v) is 1.84. The van der Waals surface area contributed by atoms with Crippen LogP contribution in [0.5, 0.6) is 0 Å². The van der Waals surface area contributed by atoms with E-state index in [1.54, 1.807) is 18.6 Å². The Balaban J connectivity index is 2.14. The number of H-pyrrole nitrogens is 1. The highest BCUT2D eigenvalue weighted by Gasteiger charge is 2.20. The number of pyridine rings is 1. The molecule has 0 aliphatic rings. The Hall–Kier alpha value is -2.76. The molecule has 2 aromatic rings. The summed E-state index contributed by atoms with van der Waals surface area (Å²) < 4.78 is 0. The monoisotopic (exact) mass is 272 g/mol. The van der Waals surface area contributed by atoms with Crippen LogP contribution in [-0.2, 0) is 16.0 Å². The van der Waals surface area contributed by atoms with Crippen molar-refractivity contribution >= 4 is 17.5 Å². The summed E-state index contributed by atoms with van der Waals surface area (Å²) in [5.74, 6) is -3.20. The number of carboxylic acids is 1. The van der Waals surface area contributed by atoms with Crippen LogP contribution in [0.15, 0.2) is 36.9 Å². The fourth-order valence-electron chi connectivity index (χ4n) is 1.84. The van der Waals surface area contributed by atoms with Gasteiger partial charge in [0.2, 0.25) is 5.78 Å². The van der Waals surface area contributed by atoms with Gasteiger partial charge in [0, 0.05) is 30.4 Å². The third-order valence-electron chi connectivity index (χ3n) is 2.84. The molecule has 0 fully saturated rings. The van der Waals surface area contributed by atoms with Crippen LogP contribution in [0.2, 0.25) is 0 Å². The maximum atomic E-state index is 11.9. The summed E-state index contributed by atoms with van der Waals surface area (Å²) in [6, 6.07) is 3.65. The summed E-state index contributed by atoms with van der Waals surface area (Å²) in [5, 5.41) is 8.52. The molecule has 2 heterocycles. The first-order valence-electron chi connectivity index (χ1n) is 5.92. The standard InChI is InChI=1S/C14H12N2O4/c17-12(6-13(18)14(19)20)11-8-16-7-10(11)5-9-1-3-15-4-2-9/h1-4,7-8,16H,5-6H2,(H,19,20). The van der Waals surface area contributed by atoms with E-state index >= 15 is 0 Å². The molecule has 0 aliphatic carbocycles. The van der Waals surface area contributed by atoms with Gasteiger partial charge >= 0.3 is 5.97 Å². The number of aromatic nitrogens is 2. The number of nitrogens with zero attached hydrogens (tertiary/aromatic N) is 1. The molecule has 6 nitrogen and oxygen atoms in total. The number of nitrogens with one attached hydrogen (secondary N) is 1. The smallest absolute Gasteiger partial charge is 0.372 e. The summed E-state index contributed by atoms with van der Waals surface area (Å²) in [6.45, 7) is 0. The van der Waals surface area contributed by atoms with Gasteiger partial charge in [0.15, 0.2) is 5.78 Å². The Morgan fingerprint density at radius 3 is 2.50 bits per heavy atom. The van der Waals surface area contributed by atoms with E-state index in [1.807, 2.05) is 12.1 Å². The first-order chi connectivity index (χ1) is 9.58. The first kappa shape index (κ1) is 13.7. The zero-order chi connectivity index (χ0) is 14.5. The Bertz CT molecular complexity index is 646. The van der Waals surface area contributed by atoms with Crippen molar-refractivity contribution in [3.8, 4) is 0 Å². The Kier molecular flexibility index (Phi) is 4.05. The lowest BCUT2D eigenvalue weighted by molar-refractivity contribution is -0.148. The van der Waals surface area contributed by atoms with Crippen molar-refractivity contribution in [3.05, 3.63) is 53.6 Å². The van der Waals surface area contributed by atoms with E-state index < -0.39 is 24.0 Å². The molecule has 0 saturated heterocycles. The number of Topliss-reactive ketones (excluding diaryl/α,β-unsaturated/α-hetero) is 2. The number of rotatable bonds is 6. The lowest BCUT2D eigenvalue weighted by Crippen LogP contribution is -2.17.